The molecule has 0 spiro atoms. The van der Waals surface area contributed by atoms with Crippen molar-refractivity contribution in [3.63, 3.8) is 0 Å². The van der Waals surface area contributed by atoms with Crippen LogP contribution in [-0.2, 0) is 6.42 Å². The summed E-state index contributed by atoms with van der Waals surface area (Å²) >= 11 is 4.09. The van der Waals surface area contributed by atoms with Crippen LogP contribution in [0.25, 0.3) is 10.1 Å². The Hall–Kier alpha value is -1.47. The van der Waals surface area contributed by atoms with Gasteiger partial charge in [-0.05, 0) is 58.8 Å². The van der Waals surface area contributed by atoms with Crippen molar-refractivity contribution in [1.29, 1.82) is 0 Å². The number of benzene rings is 1. The third-order valence-corrected chi connectivity index (χ3v) is 5.87. The molecular weight excluding hydrogens is 395 g/mol. The second kappa shape index (κ2) is 5.06. The van der Waals surface area contributed by atoms with E-state index in [0.717, 1.165) is 28.9 Å². The number of rotatable bonds is 2. The van der Waals surface area contributed by atoms with E-state index in [0.29, 0.717) is 6.42 Å². The van der Waals surface area contributed by atoms with E-state index >= 15 is 0 Å². The Morgan fingerprint density at radius 1 is 1.24 bits per heavy atom. The molecule has 3 nitrogen and oxygen atoms in total. The summed E-state index contributed by atoms with van der Waals surface area (Å²) in [6, 6.07) is 8.06. The lowest BCUT2D eigenvalue weighted by molar-refractivity contribution is 0.0994. The van der Waals surface area contributed by atoms with E-state index in [2.05, 4.69) is 39.0 Å². The molecule has 0 fully saturated rings. The average Bonchev–Trinajstić information content (AvgIpc) is 3.01. The van der Waals surface area contributed by atoms with E-state index in [1.165, 1.54) is 13.0 Å². The van der Waals surface area contributed by atoms with Gasteiger partial charge in [-0.2, -0.15) is 0 Å². The molecule has 1 aliphatic rings. The Labute approximate surface area is 139 Å². The molecular formula is C16H11IN2OS. The third-order valence-electron chi connectivity index (χ3n) is 3.75. The van der Waals surface area contributed by atoms with E-state index in [-0.39, 0.29) is 5.78 Å². The first-order chi connectivity index (χ1) is 10.2. The van der Waals surface area contributed by atoms with Crippen molar-refractivity contribution >= 4 is 61.2 Å². The monoisotopic (exact) mass is 406 g/mol. The molecule has 0 amide bonds. The van der Waals surface area contributed by atoms with E-state index in [9.17, 15) is 4.79 Å². The van der Waals surface area contributed by atoms with Crippen LogP contribution in [0.4, 0.5) is 11.4 Å². The zero-order chi connectivity index (χ0) is 14.4. The minimum Gasteiger partial charge on any atom is -0.353 e. The van der Waals surface area contributed by atoms with Crippen LogP contribution in [-0.4, -0.2) is 10.8 Å². The summed E-state index contributed by atoms with van der Waals surface area (Å²) in [5.41, 5.74) is 4.20. The number of nitrogens with zero attached hydrogens (tertiary/aromatic N) is 1. The second-order valence-electron chi connectivity index (χ2n) is 5.04. The molecule has 1 aliphatic carbocycles. The lowest BCUT2D eigenvalue weighted by atomic mass is 10.1. The lowest BCUT2D eigenvalue weighted by Crippen LogP contribution is -1.94. The van der Waals surface area contributed by atoms with Gasteiger partial charge >= 0.3 is 0 Å². The van der Waals surface area contributed by atoms with Crippen LogP contribution >= 0.6 is 33.9 Å². The molecule has 1 aromatic carbocycles. The third kappa shape index (κ3) is 2.24. The minimum absolute atomic E-state index is 0.262. The van der Waals surface area contributed by atoms with Crippen LogP contribution in [0.5, 0.6) is 0 Å². The van der Waals surface area contributed by atoms with Crippen molar-refractivity contribution in [3.05, 3.63) is 50.7 Å². The number of pyridine rings is 1. The molecule has 5 heteroatoms. The van der Waals surface area contributed by atoms with Crippen molar-refractivity contribution in [2.75, 3.05) is 5.32 Å². The normalized spacial score (nSPS) is 13.7. The molecule has 0 atom stereocenters. The highest BCUT2D eigenvalue weighted by Gasteiger charge is 2.19. The summed E-state index contributed by atoms with van der Waals surface area (Å²) in [4.78, 5) is 15.9. The predicted octanol–water partition coefficient (Wildman–Crippen LogP) is 4.77. The van der Waals surface area contributed by atoms with Gasteiger partial charge in [-0.3, -0.25) is 9.78 Å². The van der Waals surface area contributed by atoms with Crippen LogP contribution in [0.1, 0.15) is 22.3 Å². The molecule has 0 radical (unpaired) electrons. The number of nitrogens with one attached hydrogen (secondary N) is 1. The van der Waals surface area contributed by atoms with Crippen LogP contribution in [0, 0.1) is 2.88 Å². The van der Waals surface area contributed by atoms with Crippen molar-refractivity contribution in [3.8, 4) is 0 Å². The zero-order valence-electron chi connectivity index (χ0n) is 11.0. The molecule has 1 N–H and O–H groups in total. The maximum Gasteiger partial charge on any atom is 0.163 e. The summed E-state index contributed by atoms with van der Waals surface area (Å²) in [5.74, 6) is 0.262. The quantitative estimate of drug-likeness (QED) is 0.624. The SMILES string of the molecule is O=C1CCc2cc(Nc3c(I)sc4cnccc34)ccc21. The topological polar surface area (TPSA) is 42.0 Å². The highest BCUT2D eigenvalue weighted by molar-refractivity contribution is 14.1. The van der Waals surface area contributed by atoms with Gasteiger partial charge in [-0.1, -0.05) is 0 Å². The molecule has 4 rings (SSSR count). The van der Waals surface area contributed by atoms with Gasteiger partial charge in [0.15, 0.2) is 5.78 Å². The number of ketones is 1. The van der Waals surface area contributed by atoms with E-state index in [1.54, 1.807) is 11.3 Å². The highest BCUT2D eigenvalue weighted by Crippen LogP contribution is 2.38. The smallest absolute Gasteiger partial charge is 0.163 e. The lowest BCUT2D eigenvalue weighted by Gasteiger charge is -2.08. The number of hydrogen-bond acceptors (Lipinski definition) is 4. The molecule has 0 aliphatic heterocycles. The maximum absolute atomic E-state index is 11.7. The van der Waals surface area contributed by atoms with Gasteiger partial charge in [-0.25, -0.2) is 0 Å². The number of carbonyl (C=O) groups excluding carboxylic acids is 1. The van der Waals surface area contributed by atoms with Gasteiger partial charge in [0.2, 0.25) is 0 Å². The Bertz CT molecular complexity index is 872. The van der Waals surface area contributed by atoms with E-state index in [1.807, 2.05) is 30.6 Å². The van der Waals surface area contributed by atoms with Gasteiger partial charge in [0.1, 0.15) is 0 Å². The zero-order valence-corrected chi connectivity index (χ0v) is 14.0. The Kier molecular flexibility index (Phi) is 3.19. The van der Waals surface area contributed by atoms with Gasteiger partial charge < -0.3 is 5.32 Å². The van der Waals surface area contributed by atoms with Crippen molar-refractivity contribution in [2.45, 2.75) is 12.8 Å². The average molecular weight is 406 g/mol. The fourth-order valence-electron chi connectivity index (χ4n) is 2.72. The Morgan fingerprint density at radius 3 is 3.05 bits per heavy atom. The maximum atomic E-state index is 11.7. The largest absolute Gasteiger partial charge is 0.353 e. The van der Waals surface area contributed by atoms with Crippen molar-refractivity contribution in [2.24, 2.45) is 0 Å². The van der Waals surface area contributed by atoms with Gasteiger partial charge in [0, 0.05) is 35.5 Å². The number of thiophene rings is 1. The Balaban J connectivity index is 1.75. The number of Topliss-reactive ketones (excluding diaryl/α,β-unsaturated/α-hetero) is 1. The standard InChI is InChI=1S/C16H11IN2OS/c17-16-15(12-5-6-18-8-14(12)21-16)19-10-2-3-11-9(7-10)1-4-13(11)20/h2-3,5-8,19H,1,4H2. The number of fused-ring (bicyclic) bond motifs is 2. The number of hydrogen-bond donors (Lipinski definition) is 1. The molecule has 104 valence electrons. The summed E-state index contributed by atoms with van der Waals surface area (Å²) in [5, 5.41) is 4.69. The number of aryl methyl sites for hydroxylation is 1. The first-order valence-electron chi connectivity index (χ1n) is 6.67. The summed E-state index contributed by atoms with van der Waals surface area (Å²) in [6.45, 7) is 0. The molecule has 21 heavy (non-hydrogen) atoms. The second-order valence-corrected chi connectivity index (χ2v) is 7.91. The first-order valence-corrected chi connectivity index (χ1v) is 8.57. The van der Waals surface area contributed by atoms with E-state index in [4.69, 9.17) is 0 Å². The number of halogens is 1. The minimum atomic E-state index is 0.262. The molecule has 0 saturated heterocycles. The molecule has 0 unspecified atom stereocenters. The van der Waals surface area contributed by atoms with Gasteiger partial charge in [-0.15, -0.1) is 11.3 Å². The fraction of sp³-hybridized carbons (Fsp3) is 0.125. The van der Waals surface area contributed by atoms with Crippen LogP contribution in [0.2, 0.25) is 0 Å². The van der Waals surface area contributed by atoms with Crippen LogP contribution in [0.3, 0.4) is 0 Å². The molecule has 0 bridgehead atoms. The molecule has 2 heterocycles. The highest BCUT2D eigenvalue weighted by atomic mass is 127. The summed E-state index contributed by atoms with van der Waals surface area (Å²) < 4.78 is 2.40. The number of aromatic nitrogens is 1. The summed E-state index contributed by atoms with van der Waals surface area (Å²) in [6.07, 6.45) is 5.21. The number of anilines is 2. The predicted molar refractivity (Wildman–Crippen MR) is 94.7 cm³/mol. The van der Waals surface area contributed by atoms with Gasteiger partial charge in [0.05, 0.1) is 13.3 Å². The van der Waals surface area contributed by atoms with Crippen molar-refractivity contribution in [1.82, 2.24) is 4.98 Å². The van der Waals surface area contributed by atoms with Gasteiger partial charge in [0.25, 0.3) is 0 Å². The van der Waals surface area contributed by atoms with Crippen molar-refractivity contribution < 1.29 is 4.79 Å². The summed E-state index contributed by atoms with van der Waals surface area (Å²) in [7, 11) is 0. The molecule has 0 saturated carbocycles. The van der Waals surface area contributed by atoms with Crippen LogP contribution < -0.4 is 5.32 Å². The molecule has 3 aromatic rings. The fourth-order valence-corrected chi connectivity index (χ4v) is 4.70. The first kappa shape index (κ1) is 13.2. The van der Waals surface area contributed by atoms with E-state index < -0.39 is 0 Å². The molecule has 2 aromatic heterocycles. The number of carbonyl (C=O) groups is 1. The Morgan fingerprint density at radius 2 is 2.14 bits per heavy atom. The van der Waals surface area contributed by atoms with Crippen LogP contribution in [0.15, 0.2) is 36.7 Å².